The van der Waals surface area contributed by atoms with E-state index in [0.717, 1.165) is 17.7 Å². The molecule has 0 amide bonds. The molecule has 0 saturated heterocycles. The van der Waals surface area contributed by atoms with E-state index in [1.165, 1.54) is 6.07 Å². The highest BCUT2D eigenvalue weighted by atomic mass is 19.1. The smallest absolute Gasteiger partial charge is 0.128 e. The quantitative estimate of drug-likeness (QED) is 0.862. The van der Waals surface area contributed by atoms with Crippen molar-refractivity contribution in [2.45, 2.75) is 19.5 Å². The Morgan fingerprint density at radius 2 is 1.90 bits per heavy atom. The summed E-state index contributed by atoms with van der Waals surface area (Å²) in [5.74, 6) is -0.816. The zero-order valence-corrected chi connectivity index (χ0v) is 11.6. The number of nitrogens with zero attached hydrogens (tertiary/aromatic N) is 1. The fourth-order valence-corrected chi connectivity index (χ4v) is 2.19. The third kappa shape index (κ3) is 3.33. The van der Waals surface area contributed by atoms with Crippen LogP contribution in [0.15, 0.2) is 42.5 Å². The molecule has 4 heteroatoms. The van der Waals surface area contributed by atoms with Gasteiger partial charge in [-0.15, -0.1) is 0 Å². The highest BCUT2D eigenvalue weighted by molar-refractivity contribution is 5.40. The van der Waals surface area contributed by atoms with Crippen LogP contribution in [0.4, 0.5) is 14.5 Å². The molecule has 0 aromatic heterocycles. The van der Waals surface area contributed by atoms with E-state index in [4.69, 9.17) is 5.73 Å². The number of halogens is 2. The zero-order valence-electron chi connectivity index (χ0n) is 11.6. The van der Waals surface area contributed by atoms with Gasteiger partial charge < -0.3 is 5.73 Å². The standard InChI is InChI=1S/C16H18F2N2/c1-11(15-9-13(17)6-7-16(15)18)20(2)10-12-4-3-5-14(19)8-12/h3-9,11H,10,19H2,1-2H3. The SMILES string of the molecule is CC(c1cc(F)ccc1F)N(C)Cc1cccc(N)c1. The minimum Gasteiger partial charge on any atom is -0.399 e. The molecular formula is C16H18F2N2. The highest BCUT2D eigenvalue weighted by Gasteiger charge is 2.16. The number of nitrogens with two attached hydrogens (primary N) is 1. The van der Waals surface area contributed by atoms with Gasteiger partial charge in [0.2, 0.25) is 0 Å². The number of hydrogen-bond donors (Lipinski definition) is 1. The van der Waals surface area contributed by atoms with Crippen LogP contribution in [0.5, 0.6) is 0 Å². The van der Waals surface area contributed by atoms with E-state index in [9.17, 15) is 8.78 Å². The van der Waals surface area contributed by atoms with E-state index in [1.54, 1.807) is 0 Å². The van der Waals surface area contributed by atoms with Crippen molar-refractivity contribution in [3.05, 3.63) is 65.2 Å². The summed E-state index contributed by atoms with van der Waals surface area (Å²) in [6.45, 7) is 2.46. The van der Waals surface area contributed by atoms with Crippen LogP contribution in [0, 0.1) is 11.6 Å². The van der Waals surface area contributed by atoms with Gasteiger partial charge in [0, 0.05) is 23.8 Å². The van der Waals surface area contributed by atoms with Gasteiger partial charge in [0.15, 0.2) is 0 Å². The molecule has 20 heavy (non-hydrogen) atoms. The lowest BCUT2D eigenvalue weighted by Gasteiger charge is -2.25. The second-order valence-corrected chi connectivity index (χ2v) is 5.00. The molecule has 2 nitrogen and oxygen atoms in total. The summed E-state index contributed by atoms with van der Waals surface area (Å²) in [6.07, 6.45) is 0. The fourth-order valence-electron chi connectivity index (χ4n) is 2.19. The van der Waals surface area contributed by atoms with Crippen molar-refractivity contribution >= 4 is 5.69 Å². The third-order valence-electron chi connectivity index (χ3n) is 3.45. The van der Waals surface area contributed by atoms with Gasteiger partial charge in [-0.3, -0.25) is 4.90 Å². The topological polar surface area (TPSA) is 29.3 Å². The van der Waals surface area contributed by atoms with E-state index in [0.29, 0.717) is 17.8 Å². The minimum absolute atomic E-state index is 0.230. The van der Waals surface area contributed by atoms with E-state index < -0.39 is 11.6 Å². The monoisotopic (exact) mass is 276 g/mol. The van der Waals surface area contributed by atoms with Gasteiger partial charge in [-0.1, -0.05) is 12.1 Å². The van der Waals surface area contributed by atoms with Crippen LogP contribution >= 0.6 is 0 Å². The van der Waals surface area contributed by atoms with E-state index in [-0.39, 0.29) is 6.04 Å². The molecule has 0 radical (unpaired) electrons. The van der Waals surface area contributed by atoms with Crippen molar-refractivity contribution < 1.29 is 8.78 Å². The lowest BCUT2D eigenvalue weighted by molar-refractivity contribution is 0.247. The van der Waals surface area contributed by atoms with Crippen molar-refractivity contribution in [2.24, 2.45) is 0 Å². The zero-order chi connectivity index (χ0) is 14.7. The Bertz CT molecular complexity index is 599. The van der Waals surface area contributed by atoms with Gasteiger partial charge in [0.25, 0.3) is 0 Å². The van der Waals surface area contributed by atoms with Crippen LogP contribution in [0.1, 0.15) is 24.1 Å². The predicted molar refractivity (Wildman–Crippen MR) is 77.1 cm³/mol. The average molecular weight is 276 g/mol. The molecule has 0 bridgehead atoms. The Balaban J connectivity index is 2.16. The van der Waals surface area contributed by atoms with E-state index >= 15 is 0 Å². The van der Waals surface area contributed by atoms with Crippen molar-refractivity contribution in [1.82, 2.24) is 4.90 Å². The summed E-state index contributed by atoms with van der Waals surface area (Å²) in [5.41, 5.74) is 7.83. The molecule has 1 atom stereocenters. The predicted octanol–water partition coefficient (Wildman–Crippen LogP) is 3.74. The number of rotatable bonds is 4. The number of nitrogen functional groups attached to an aromatic ring is 1. The number of anilines is 1. The average Bonchev–Trinajstić information content (AvgIpc) is 2.40. The highest BCUT2D eigenvalue weighted by Crippen LogP contribution is 2.24. The lowest BCUT2D eigenvalue weighted by atomic mass is 10.1. The lowest BCUT2D eigenvalue weighted by Crippen LogP contribution is -2.23. The molecule has 0 aliphatic rings. The Kier molecular flexibility index (Phi) is 4.35. The molecule has 2 N–H and O–H groups in total. The maximum absolute atomic E-state index is 13.8. The Labute approximate surface area is 117 Å². The normalized spacial score (nSPS) is 12.7. The van der Waals surface area contributed by atoms with Crippen molar-refractivity contribution in [3.63, 3.8) is 0 Å². The summed E-state index contributed by atoms with van der Waals surface area (Å²) < 4.78 is 27.0. The van der Waals surface area contributed by atoms with E-state index in [1.807, 2.05) is 43.1 Å². The molecule has 0 spiro atoms. The van der Waals surface area contributed by atoms with Crippen LogP contribution in [-0.2, 0) is 6.54 Å². The molecule has 0 heterocycles. The molecule has 2 aromatic rings. The summed E-state index contributed by atoms with van der Waals surface area (Å²) >= 11 is 0. The summed E-state index contributed by atoms with van der Waals surface area (Å²) in [5, 5.41) is 0. The Morgan fingerprint density at radius 3 is 2.60 bits per heavy atom. The first-order valence-electron chi connectivity index (χ1n) is 6.47. The van der Waals surface area contributed by atoms with E-state index in [2.05, 4.69) is 0 Å². The first-order chi connectivity index (χ1) is 9.47. The molecule has 0 fully saturated rings. The first kappa shape index (κ1) is 14.5. The molecule has 0 aliphatic carbocycles. The first-order valence-corrected chi connectivity index (χ1v) is 6.47. The molecule has 0 saturated carbocycles. The van der Waals surface area contributed by atoms with Gasteiger partial charge in [0.1, 0.15) is 11.6 Å². The Morgan fingerprint density at radius 1 is 1.15 bits per heavy atom. The van der Waals surface area contributed by atoms with Crippen molar-refractivity contribution in [2.75, 3.05) is 12.8 Å². The number of benzene rings is 2. The summed E-state index contributed by atoms with van der Waals surface area (Å²) in [7, 11) is 1.87. The molecule has 2 aromatic carbocycles. The van der Waals surface area contributed by atoms with Crippen molar-refractivity contribution in [1.29, 1.82) is 0 Å². The van der Waals surface area contributed by atoms with Crippen LogP contribution in [0.25, 0.3) is 0 Å². The number of hydrogen-bond acceptors (Lipinski definition) is 2. The molecule has 2 rings (SSSR count). The second kappa shape index (κ2) is 6.01. The van der Waals surface area contributed by atoms with Crippen LogP contribution in [0.3, 0.4) is 0 Å². The molecule has 0 aliphatic heterocycles. The maximum atomic E-state index is 13.8. The Hall–Kier alpha value is -1.94. The van der Waals surface area contributed by atoms with Gasteiger partial charge in [0.05, 0.1) is 0 Å². The van der Waals surface area contributed by atoms with Crippen LogP contribution in [-0.4, -0.2) is 11.9 Å². The van der Waals surface area contributed by atoms with Gasteiger partial charge in [-0.05, 0) is 49.9 Å². The fraction of sp³-hybridized carbons (Fsp3) is 0.250. The maximum Gasteiger partial charge on any atom is 0.128 e. The van der Waals surface area contributed by atoms with Gasteiger partial charge in [-0.2, -0.15) is 0 Å². The summed E-state index contributed by atoms with van der Waals surface area (Å²) in [6, 6.07) is 10.8. The van der Waals surface area contributed by atoms with Gasteiger partial charge in [-0.25, -0.2) is 8.78 Å². The van der Waals surface area contributed by atoms with Gasteiger partial charge >= 0.3 is 0 Å². The third-order valence-corrected chi connectivity index (χ3v) is 3.45. The molecular weight excluding hydrogens is 258 g/mol. The van der Waals surface area contributed by atoms with Crippen LogP contribution in [0.2, 0.25) is 0 Å². The largest absolute Gasteiger partial charge is 0.399 e. The summed E-state index contributed by atoms with van der Waals surface area (Å²) in [4.78, 5) is 1.95. The molecule has 1 unspecified atom stereocenters. The second-order valence-electron chi connectivity index (χ2n) is 5.00. The van der Waals surface area contributed by atoms with Crippen molar-refractivity contribution in [3.8, 4) is 0 Å². The van der Waals surface area contributed by atoms with Crippen LogP contribution < -0.4 is 5.73 Å². The molecule has 106 valence electrons. The minimum atomic E-state index is -0.425.